The Kier molecular flexibility index (Phi) is 5.05. The van der Waals surface area contributed by atoms with Crippen LogP contribution >= 0.6 is 22.6 Å². The number of ether oxygens (including phenoxy) is 1. The molecule has 0 spiro atoms. The van der Waals surface area contributed by atoms with Gasteiger partial charge in [-0.15, -0.1) is 0 Å². The van der Waals surface area contributed by atoms with Crippen molar-refractivity contribution < 1.29 is 9.53 Å². The number of pyridine rings is 1. The van der Waals surface area contributed by atoms with E-state index in [-0.39, 0.29) is 5.91 Å². The van der Waals surface area contributed by atoms with Gasteiger partial charge in [-0.25, -0.2) is 5.43 Å². The van der Waals surface area contributed by atoms with Gasteiger partial charge in [0.2, 0.25) is 0 Å². The Balaban J connectivity index is 2.04. The van der Waals surface area contributed by atoms with Crippen molar-refractivity contribution in [1.29, 1.82) is 0 Å². The lowest BCUT2D eigenvalue weighted by Crippen LogP contribution is -2.17. The van der Waals surface area contributed by atoms with E-state index in [0.29, 0.717) is 11.3 Å². The fourth-order valence-electron chi connectivity index (χ4n) is 1.48. The first-order chi connectivity index (χ1) is 9.70. The van der Waals surface area contributed by atoms with Gasteiger partial charge in [0.1, 0.15) is 5.75 Å². The van der Waals surface area contributed by atoms with E-state index in [1.807, 2.05) is 6.07 Å². The molecule has 1 aromatic heterocycles. The number of halogens is 1. The molecule has 0 aliphatic carbocycles. The number of carbonyl (C=O) groups excluding carboxylic acids is 1. The summed E-state index contributed by atoms with van der Waals surface area (Å²) in [7, 11) is 1.57. The van der Waals surface area contributed by atoms with Crippen LogP contribution < -0.4 is 10.2 Å². The van der Waals surface area contributed by atoms with Crippen molar-refractivity contribution in [2.75, 3.05) is 7.11 Å². The lowest BCUT2D eigenvalue weighted by atomic mass is 10.2. The van der Waals surface area contributed by atoms with E-state index in [1.54, 1.807) is 50.0 Å². The minimum absolute atomic E-state index is 0.287. The van der Waals surface area contributed by atoms with Crippen LogP contribution in [-0.4, -0.2) is 24.2 Å². The van der Waals surface area contributed by atoms with Crippen molar-refractivity contribution >= 4 is 34.7 Å². The highest BCUT2D eigenvalue weighted by Crippen LogP contribution is 2.21. The Morgan fingerprint density at radius 2 is 2.10 bits per heavy atom. The molecule has 0 aliphatic heterocycles. The molecule has 0 fully saturated rings. The predicted molar refractivity (Wildman–Crippen MR) is 85.0 cm³/mol. The minimum atomic E-state index is -0.287. The molecule has 1 N–H and O–H groups in total. The molecule has 0 radical (unpaired) electrons. The second-order valence-corrected chi connectivity index (χ2v) is 4.99. The molecule has 0 saturated carbocycles. The number of methoxy groups -OCH3 is 1. The molecule has 0 bridgehead atoms. The van der Waals surface area contributed by atoms with Gasteiger partial charge in [0.05, 0.1) is 16.9 Å². The molecule has 6 heteroatoms. The lowest BCUT2D eigenvalue weighted by molar-refractivity contribution is 0.0955. The first kappa shape index (κ1) is 14.4. The van der Waals surface area contributed by atoms with Crippen LogP contribution in [0.5, 0.6) is 5.75 Å². The Morgan fingerprint density at radius 1 is 1.35 bits per heavy atom. The summed E-state index contributed by atoms with van der Waals surface area (Å²) in [6.45, 7) is 0. The van der Waals surface area contributed by atoms with E-state index in [4.69, 9.17) is 4.74 Å². The quantitative estimate of drug-likeness (QED) is 0.503. The summed E-state index contributed by atoms with van der Waals surface area (Å²) >= 11 is 2.14. The van der Waals surface area contributed by atoms with Gasteiger partial charge in [-0.2, -0.15) is 5.10 Å². The highest BCUT2D eigenvalue weighted by molar-refractivity contribution is 14.1. The van der Waals surface area contributed by atoms with Gasteiger partial charge in [-0.05, 0) is 58.5 Å². The largest absolute Gasteiger partial charge is 0.496 e. The number of aromatic nitrogens is 1. The number of hydrazone groups is 1. The number of hydrogen-bond donors (Lipinski definition) is 1. The fraction of sp³-hybridized carbons (Fsp3) is 0.0714. The fourth-order valence-corrected chi connectivity index (χ4v) is 2.04. The normalized spacial score (nSPS) is 10.5. The van der Waals surface area contributed by atoms with Crippen molar-refractivity contribution in [3.8, 4) is 5.75 Å². The summed E-state index contributed by atoms with van der Waals surface area (Å²) in [5.41, 5.74) is 3.83. The van der Waals surface area contributed by atoms with Gasteiger partial charge < -0.3 is 4.74 Å². The summed E-state index contributed by atoms with van der Waals surface area (Å²) in [5, 5.41) is 3.90. The smallest absolute Gasteiger partial charge is 0.271 e. The number of rotatable bonds is 4. The number of amides is 1. The monoisotopic (exact) mass is 381 g/mol. The summed E-state index contributed by atoms with van der Waals surface area (Å²) in [5.74, 6) is 0.376. The van der Waals surface area contributed by atoms with E-state index in [9.17, 15) is 4.79 Å². The van der Waals surface area contributed by atoms with Gasteiger partial charge in [0, 0.05) is 18.0 Å². The summed E-state index contributed by atoms with van der Waals surface area (Å²) in [6, 6.07) is 8.81. The predicted octanol–water partition coefficient (Wildman–Crippen LogP) is 2.46. The number of nitrogens with zero attached hydrogens (tertiary/aromatic N) is 2. The first-order valence-electron chi connectivity index (χ1n) is 5.77. The van der Waals surface area contributed by atoms with E-state index in [1.165, 1.54) is 0 Å². The average Bonchev–Trinajstić information content (AvgIpc) is 2.48. The van der Waals surface area contributed by atoms with Crippen molar-refractivity contribution in [2.24, 2.45) is 5.10 Å². The van der Waals surface area contributed by atoms with Crippen molar-refractivity contribution in [3.63, 3.8) is 0 Å². The molecule has 102 valence electrons. The third-order valence-corrected chi connectivity index (χ3v) is 3.39. The van der Waals surface area contributed by atoms with Crippen LogP contribution in [0.25, 0.3) is 0 Å². The van der Waals surface area contributed by atoms with Crippen LogP contribution in [0, 0.1) is 3.57 Å². The van der Waals surface area contributed by atoms with E-state index in [0.717, 1.165) is 9.13 Å². The maximum absolute atomic E-state index is 11.9. The third-order valence-electron chi connectivity index (χ3n) is 2.50. The van der Waals surface area contributed by atoms with Crippen LogP contribution in [0.4, 0.5) is 0 Å². The van der Waals surface area contributed by atoms with E-state index >= 15 is 0 Å². The van der Waals surface area contributed by atoms with Crippen molar-refractivity contribution in [2.45, 2.75) is 0 Å². The van der Waals surface area contributed by atoms with Crippen molar-refractivity contribution in [3.05, 3.63) is 57.4 Å². The molecule has 1 amide bonds. The SMILES string of the molecule is COc1cc(C(=O)N/N=C\c2ccncc2)ccc1I. The van der Waals surface area contributed by atoms with Gasteiger partial charge in [0.15, 0.2) is 0 Å². The van der Waals surface area contributed by atoms with Crippen LogP contribution in [0.2, 0.25) is 0 Å². The van der Waals surface area contributed by atoms with Crippen LogP contribution in [0.1, 0.15) is 15.9 Å². The zero-order valence-electron chi connectivity index (χ0n) is 10.7. The van der Waals surface area contributed by atoms with E-state index < -0.39 is 0 Å². The summed E-state index contributed by atoms with van der Waals surface area (Å²) in [6.07, 6.45) is 4.88. The molecule has 5 nitrogen and oxygen atoms in total. The molecule has 1 aromatic carbocycles. The molecule has 0 unspecified atom stereocenters. The first-order valence-corrected chi connectivity index (χ1v) is 6.85. The molecule has 2 rings (SSSR count). The topological polar surface area (TPSA) is 63.6 Å². The molecular weight excluding hydrogens is 369 g/mol. The molecule has 0 saturated heterocycles. The van der Waals surface area contributed by atoms with Crippen LogP contribution in [-0.2, 0) is 0 Å². The van der Waals surface area contributed by atoms with Gasteiger partial charge in [0.25, 0.3) is 5.91 Å². The van der Waals surface area contributed by atoms with Crippen molar-refractivity contribution in [1.82, 2.24) is 10.4 Å². The minimum Gasteiger partial charge on any atom is -0.496 e. The highest BCUT2D eigenvalue weighted by Gasteiger charge is 2.07. The third kappa shape index (κ3) is 3.77. The average molecular weight is 381 g/mol. The summed E-state index contributed by atoms with van der Waals surface area (Å²) < 4.78 is 6.12. The molecular formula is C14H12IN3O2. The maximum Gasteiger partial charge on any atom is 0.271 e. The van der Waals surface area contributed by atoms with Gasteiger partial charge >= 0.3 is 0 Å². The number of carbonyl (C=O) groups is 1. The van der Waals surface area contributed by atoms with Crippen LogP contribution in [0.15, 0.2) is 47.8 Å². The summed E-state index contributed by atoms with van der Waals surface area (Å²) in [4.78, 5) is 15.8. The standard InChI is InChI=1S/C14H12IN3O2/c1-20-13-8-11(2-3-12(13)15)14(19)18-17-9-10-4-6-16-7-5-10/h2-9H,1H3,(H,18,19)/b17-9-. The second-order valence-electron chi connectivity index (χ2n) is 3.83. The maximum atomic E-state index is 11.9. The Morgan fingerprint density at radius 3 is 2.80 bits per heavy atom. The number of nitrogens with one attached hydrogen (secondary N) is 1. The van der Waals surface area contributed by atoms with Gasteiger partial charge in [-0.1, -0.05) is 0 Å². The molecule has 20 heavy (non-hydrogen) atoms. The Labute approximate surface area is 130 Å². The van der Waals surface area contributed by atoms with Gasteiger partial charge in [-0.3, -0.25) is 9.78 Å². The van der Waals surface area contributed by atoms with E-state index in [2.05, 4.69) is 38.1 Å². The second kappa shape index (κ2) is 6.99. The molecule has 0 aliphatic rings. The zero-order chi connectivity index (χ0) is 14.4. The number of benzene rings is 1. The molecule has 2 aromatic rings. The van der Waals surface area contributed by atoms with Crippen LogP contribution in [0.3, 0.4) is 0 Å². The Bertz CT molecular complexity index is 630. The lowest BCUT2D eigenvalue weighted by Gasteiger charge is -2.05. The number of hydrogen-bond acceptors (Lipinski definition) is 4. The highest BCUT2D eigenvalue weighted by atomic mass is 127. The molecule has 1 heterocycles. The zero-order valence-corrected chi connectivity index (χ0v) is 12.9. The Hall–Kier alpha value is -1.96. The molecule has 0 atom stereocenters.